The molecule has 4 rings (SSSR count). The molecule has 1 heterocycles. The first kappa shape index (κ1) is 35.7. The monoisotopic (exact) mass is 649 g/mol. The minimum Gasteiger partial charge on any atom is -0.494 e. The first-order chi connectivity index (χ1) is 21.3. The van der Waals surface area contributed by atoms with Gasteiger partial charge in [-0.05, 0) is 43.7 Å². The van der Waals surface area contributed by atoms with E-state index in [1.54, 1.807) is 30.3 Å². The van der Waals surface area contributed by atoms with Crippen molar-refractivity contribution in [3.63, 3.8) is 0 Å². The molecule has 3 aromatic carbocycles. The van der Waals surface area contributed by atoms with Crippen molar-refractivity contribution >= 4 is 5.97 Å². The lowest BCUT2D eigenvalue weighted by molar-refractivity contribution is -0.138. The fraction of sp³-hybridized carbons (Fsp3) is 0.281. The normalized spacial score (nSPS) is 12.0. The number of hydrogen-bond donors (Lipinski definition) is 3. The summed E-state index contributed by atoms with van der Waals surface area (Å²) in [5.41, 5.74) is -4.27. The van der Waals surface area contributed by atoms with Crippen molar-refractivity contribution < 1.29 is 36.6 Å². The number of alkyl halides is 3. The Hall–Kier alpha value is -4.82. The number of hydrogen-bond acceptors (Lipinski definition) is 5. The predicted octanol–water partition coefficient (Wildman–Crippen LogP) is 5.91. The smallest absolute Gasteiger partial charge is 0.416 e. The quantitative estimate of drug-likeness (QED) is 0.129. The number of carboxylic acids is 1. The highest BCUT2D eigenvalue weighted by molar-refractivity contribution is 5.68. The molecule has 0 saturated heterocycles. The van der Waals surface area contributed by atoms with Gasteiger partial charge in [0.05, 0.1) is 37.4 Å². The van der Waals surface area contributed by atoms with Crippen LogP contribution in [-0.2, 0) is 24.1 Å². The maximum Gasteiger partial charge on any atom is 0.416 e. The summed E-state index contributed by atoms with van der Waals surface area (Å²) in [6.07, 6.45) is -4.88. The second kappa shape index (κ2) is 15.0. The number of carbonyl (C=O) groups is 1. The van der Waals surface area contributed by atoms with E-state index in [1.165, 1.54) is 32.2 Å². The lowest BCUT2D eigenvalue weighted by atomic mass is 10.0. The SMILES string of the molecule is COc1cccc(-c2c(C)n(Cc3c(F)cccc3C(F)(F)F)c(=O)n(C[C@H](NCCCC(=O)O)c3ccccc3)c2=O)c1F.[NH4+]. The van der Waals surface area contributed by atoms with E-state index in [1.807, 2.05) is 0 Å². The summed E-state index contributed by atoms with van der Waals surface area (Å²) in [5.74, 6) is -3.39. The Kier molecular flexibility index (Phi) is 11.6. The number of nitrogens with zero attached hydrogens (tertiary/aromatic N) is 2. The largest absolute Gasteiger partial charge is 0.494 e. The maximum absolute atomic E-state index is 15.6. The summed E-state index contributed by atoms with van der Waals surface area (Å²) >= 11 is 0. The van der Waals surface area contributed by atoms with E-state index in [0.717, 1.165) is 21.3 Å². The van der Waals surface area contributed by atoms with Crippen LogP contribution in [0.5, 0.6) is 5.75 Å². The van der Waals surface area contributed by atoms with Gasteiger partial charge in [0, 0.05) is 23.2 Å². The van der Waals surface area contributed by atoms with Gasteiger partial charge in [-0.25, -0.2) is 13.6 Å². The molecule has 0 amide bonds. The van der Waals surface area contributed by atoms with E-state index in [4.69, 9.17) is 9.84 Å². The molecule has 0 aliphatic heterocycles. The second-order valence-electron chi connectivity index (χ2n) is 10.2. The molecule has 0 radical (unpaired) electrons. The molecular weight excluding hydrogens is 615 g/mol. The zero-order valence-electron chi connectivity index (χ0n) is 25.3. The van der Waals surface area contributed by atoms with Crippen LogP contribution in [-0.4, -0.2) is 33.9 Å². The second-order valence-corrected chi connectivity index (χ2v) is 10.2. The molecule has 4 aromatic rings. The molecule has 0 saturated carbocycles. The van der Waals surface area contributed by atoms with Crippen LogP contribution in [0.15, 0.2) is 76.3 Å². The van der Waals surface area contributed by atoms with E-state index in [0.29, 0.717) is 11.6 Å². The average molecular weight is 650 g/mol. The predicted molar refractivity (Wildman–Crippen MR) is 162 cm³/mol. The van der Waals surface area contributed by atoms with E-state index >= 15 is 4.39 Å². The van der Waals surface area contributed by atoms with Crippen LogP contribution < -0.4 is 27.5 Å². The van der Waals surface area contributed by atoms with Gasteiger partial charge < -0.3 is 21.3 Å². The highest BCUT2D eigenvalue weighted by Crippen LogP contribution is 2.34. The van der Waals surface area contributed by atoms with Crippen molar-refractivity contribution in [2.45, 2.75) is 45.1 Å². The number of ether oxygens (including phenoxy) is 1. The van der Waals surface area contributed by atoms with Gasteiger partial charge in [0.1, 0.15) is 5.82 Å². The molecule has 1 atom stereocenters. The third kappa shape index (κ3) is 7.69. The summed E-state index contributed by atoms with van der Waals surface area (Å²) in [7, 11) is 1.21. The minimum absolute atomic E-state index is 0. The summed E-state index contributed by atoms with van der Waals surface area (Å²) in [6, 6.07) is 14.2. The van der Waals surface area contributed by atoms with Crippen molar-refractivity contribution in [3.8, 4) is 16.9 Å². The standard InChI is InChI=1S/C32H30F5N3O5.H3N/c1-19-28(21-11-6-14-26(45-2)29(21)34)30(43)40(18-25(20-9-4-3-5-10-20)38-16-8-15-27(41)42)31(44)39(19)17-22-23(32(35,36)37)12-7-13-24(22)33;/h3-7,9-14,25,38H,8,15-18H2,1-2H3,(H,41,42);1H3/p+1/t25-;/m0./s1. The van der Waals surface area contributed by atoms with Crippen LogP contribution in [0.2, 0.25) is 0 Å². The number of carboxylic acid groups (broad SMARTS) is 1. The Morgan fingerprint density at radius 2 is 1.65 bits per heavy atom. The molecule has 46 heavy (non-hydrogen) atoms. The average Bonchev–Trinajstić information content (AvgIpc) is 2.99. The molecule has 0 spiro atoms. The number of rotatable bonds is 12. The molecule has 0 bridgehead atoms. The lowest BCUT2D eigenvalue weighted by Crippen LogP contribution is -2.45. The van der Waals surface area contributed by atoms with Crippen molar-refractivity contribution in [2.24, 2.45) is 0 Å². The Morgan fingerprint density at radius 3 is 2.28 bits per heavy atom. The number of nitrogens with one attached hydrogen (secondary N) is 1. The van der Waals surface area contributed by atoms with Crippen LogP contribution in [0.4, 0.5) is 22.0 Å². The van der Waals surface area contributed by atoms with Gasteiger partial charge in [-0.1, -0.05) is 48.5 Å². The van der Waals surface area contributed by atoms with E-state index in [-0.39, 0.29) is 54.7 Å². The fourth-order valence-corrected chi connectivity index (χ4v) is 5.13. The molecule has 1 aromatic heterocycles. The van der Waals surface area contributed by atoms with Crippen molar-refractivity contribution in [1.82, 2.24) is 20.6 Å². The van der Waals surface area contributed by atoms with Gasteiger partial charge in [0.25, 0.3) is 5.56 Å². The van der Waals surface area contributed by atoms with E-state index in [2.05, 4.69) is 5.32 Å². The first-order valence-corrected chi connectivity index (χ1v) is 13.9. The maximum atomic E-state index is 15.6. The highest BCUT2D eigenvalue weighted by Gasteiger charge is 2.35. The Morgan fingerprint density at radius 1 is 0.978 bits per heavy atom. The Balaban J connectivity index is 0.00000576. The van der Waals surface area contributed by atoms with Crippen molar-refractivity contribution in [1.29, 1.82) is 0 Å². The number of benzene rings is 3. The highest BCUT2D eigenvalue weighted by atomic mass is 19.4. The third-order valence-electron chi connectivity index (χ3n) is 7.41. The summed E-state index contributed by atoms with van der Waals surface area (Å²) in [4.78, 5) is 39.0. The van der Waals surface area contributed by atoms with Crippen LogP contribution >= 0.6 is 0 Å². The minimum atomic E-state index is -4.95. The number of halogens is 5. The van der Waals surface area contributed by atoms with Gasteiger partial charge in [0.2, 0.25) is 0 Å². The van der Waals surface area contributed by atoms with Gasteiger partial charge in [0.15, 0.2) is 11.6 Å². The van der Waals surface area contributed by atoms with Crippen LogP contribution in [0.1, 0.15) is 41.3 Å². The topological polar surface area (TPSA) is 139 Å². The van der Waals surface area contributed by atoms with Gasteiger partial charge >= 0.3 is 17.8 Å². The lowest BCUT2D eigenvalue weighted by Gasteiger charge is -2.23. The molecule has 9 nitrogen and oxygen atoms in total. The van der Waals surface area contributed by atoms with Gasteiger partial charge in [-0.15, -0.1) is 0 Å². The summed E-state index contributed by atoms with van der Waals surface area (Å²) in [5, 5.41) is 12.1. The Bertz CT molecular complexity index is 1810. The third-order valence-corrected chi connectivity index (χ3v) is 7.41. The zero-order chi connectivity index (χ0) is 32.9. The van der Waals surface area contributed by atoms with E-state index in [9.17, 15) is 31.9 Å². The van der Waals surface area contributed by atoms with E-state index < -0.39 is 58.7 Å². The molecule has 0 aliphatic carbocycles. The number of aromatic nitrogens is 2. The molecule has 0 fully saturated rings. The van der Waals surface area contributed by atoms with Crippen LogP contribution in [0.3, 0.4) is 0 Å². The fourth-order valence-electron chi connectivity index (χ4n) is 5.13. The molecule has 0 unspecified atom stereocenters. The number of quaternary nitrogens is 1. The molecule has 14 heteroatoms. The molecule has 246 valence electrons. The first-order valence-electron chi connectivity index (χ1n) is 13.9. The molecule has 6 N–H and O–H groups in total. The van der Waals surface area contributed by atoms with Crippen molar-refractivity contribution in [2.75, 3.05) is 13.7 Å². The molecule has 0 aliphatic rings. The summed E-state index contributed by atoms with van der Waals surface area (Å²) in [6.45, 7) is 0.181. The number of aliphatic carboxylic acids is 1. The van der Waals surface area contributed by atoms with Crippen molar-refractivity contribution in [3.05, 3.63) is 122 Å². The van der Waals surface area contributed by atoms with Crippen LogP contribution in [0.25, 0.3) is 11.1 Å². The zero-order valence-corrected chi connectivity index (χ0v) is 25.3. The van der Waals surface area contributed by atoms with Gasteiger partial charge in [-0.3, -0.25) is 18.7 Å². The summed E-state index contributed by atoms with van der Waals surface area (Å²) < 4.78 is 78.8. The van der Waals surface area contributed by atoms with Gasteiger partial charge in [-0.2, -0.15) is 13.2 Å². The number of methoxy groups -OCH3 is 1. The Labute approximate surface area is 260 Å². The molecular formula is C32H34F5N4O5+. The van der Waals surface area contributed by atoms with Crippen LogP contribution in [0, 0.1) is 18.6 Å².